The quantitative estimate of drug-likeness (QED) is 0.768. The fraction of sp³-hybridized carbons (Fsp3) is 0.312. The Balaban J connectivity index is 1.63. The zero-order valence-electron chi connectivity index (χ0n) is 12.7. The molecule has 0 atom stereocenters. The second kappa shape index (κ2) is 5.34. The smallest absolute Gasteiger partial charge is 0.287 e. The van der Waals surface area contributed by atoms with Gasteiger partial charge in [-0.25, -0.2) is 4.98 Å². The molecule has 118 valence electrons. The first-order chi connectivity index (χ1) is 11.1. The van der Waals surface area contributed by atoms with Crippen LogP contribution in [0, 0.1) is 0 Å². The van der Waals surface area contributed by atoms with E-state index >= 15 is 0 Å². The maximum absolute atomic E-state index is 12.3. The Morgan fingerprint density at radius 3 is 3.13 bits per heavy atom. The van der Waals surface area contributed by atoms with Crippen LogP contribution in [0.25, 0.3) is 10.2 Å². The number of hydrogen-bond acceptors (Lipinski definition) is 4. The van der Waals surface area contributed by atoms with E-state index in [4.69, 9.17) is 0 Å². The number of hydrogen-bond donors (Lipinski definition) is 2. The van der Waals surface area contributed by atoms with Crippen molar-refractivity contribution >= 4 is 27.5 Å². The van der Waals surface area contributed by atoms with E-state index in [1.165, 1.54) is 16.2 Å². The van der Waals surface area contributed by atoms with Crippen molar-refractivity contribution in [3.8, 4) is 0 Å². The van der Waals surface area contributed by atoms with Crippen molar-refractivity contribution in [2.24, 2.45) is 7.05 Å². The minimum absolute atomic E-state index is 0.0802. The lowest BCUT2D eigenvalue weighted by Gasteiger charge is -2.06. The molecule has 3 aromatic rings. The number of rotatable bonds is 3. The summed E-state index contributed by atoms with van der Waals surface area (Å²) < 4.78 is 1.93. The number of aromatic amines is 1. The summed E-state index contributed by atoms with van der Waals surface area (Å²) >= 11 is 1.54. The highest BCUT2D eigenvalue weighted by Crippen LogP contribution is 2.34. The van der Waals surface area contributed by atoms with Gasteiger partial charge in [0.25, 0.3) is 11.5 Å². The Kier molecular flexibility index (Phi) is 3.30. The fourth-order valence-corrected chi connectivity index (χ4v) is 4.31. The number of H-pyrrole nitrogens is 1. The number of nitrogens with one attached hydrogen (secondary N) is 2. The molecule has 7 heteroatoms. The monoisotopic (exact) mass is 328 g/mol. The van der Waals surface area contributed by atoms with Crippen molar-refractivity contribution in [1.82, 2.24) is 19.9 Å². The molecule has 1 aliphatic carbocycles. The Bertz CT molecular complexity index is 966. The number of aryl methyl sites for hydroxylation is 3. The van der Waals surface area contributed by atoms with Gasteiger partial charge in [0.2, 0.25) is 5.82 Å². The van der Waals surface area contributed by atoms with Gasteiger partial charge in [0.05, 0.1) is 11.9 Å². The van der Waals surface area contributed by atoms with E-state index in [1.807, 2.05) is 29.9 Å². The molecule has 3 heterocycles. The SMILES string of the molecule is Cn1cccc1CNC(=O)c1nc2sc3c(c2c(=O)[nH]1)CCC3. The molecule has 3 aromatic heterocycles. The summed E-state index contributed by atoms with van der Waals surface area (Å²) in [4.78, 5) is 33.5. The van der Waals surface area contributed by atoms with Crippen LogP contribution in [0.4, 0.5) is 0 Å². The molecule has 4 rings (SSSR count). The lowest BCUT2D eigenvalue weighted by molar-refractivity contribution is 0.0940. The normalized spacial score (nSPS) is 13.4. The van der Waals surface area contributed by atoms with Gasteiger partial charge in [-0.3, -0.25) is 9.59 Å². The lowest BCUT2D eigenvalue weighted by Crippen LogP contribution is -2.28. The zero-order valence-corrected chi connectivity index (χ0v) is 13.5. The molecule has 0 bridgehead atoms. The van der Waals surface area contributed by atoms with Gasteiger partial charge in [0, 0.05) is 23.8 Å². The molecule has 0 saturated carbocycles. The summed E-state index contributed by atoms with van der Waals surface area (Å²) in [6, 6.07) is 3.85. The number of thiophene rings is 1. The van der Waals surface area contributed by atoms with Crippen molar-refractivity contribution in [3.05, 3.63) is 50.6 Å². The molecular weight excluding hydrogens is 312 g/mol. The summed E-state index contributed by atoms with van der Waals surface area (Å²) in [5.74, 6) is -0.282. The molecule has 0 aliphatic heterocycles. The third kappa shape index (κ3) is 2.37. The number of carbonyl (C=O) groups excluding carboxylic acids is 1. The molecule has 0 saturated heterocycles. The van der Waals surface area contributed by atoms with Gasteiger partial charge in [-0.15, -0.1) is 11.3 Å². The molecule has 0 aromatic carbocycles. The lowest BCUT2D eigenvalue weighted by atomic mass is 10.2. The van der Waals surface area contributed by atoms with Gasteiger partial charge in [-0.05, 0) is 37.0 Å². The third-order valence-electron chi connectivity index (χ3n) is 4.27. The highest BCUT2D eigenvalue weighted by Gasteiger charge is 2.22. The van der Waals surface area contributed by atoms with Crippen molar-refractivity contribution in [1.29, 1.82) is 0 Å². The Morgan fingerprint density at radius 2 is 2.35 bits per heavy atom. The average Bonchev–Trinajstić information content (AvgIpc) is 3.19. The zero-order chi connectivity index (χ0) is 16.0. The van der Waals surface area contributed by atoms with Crippen LogP contribution in [0.3, 0.4) is 0 Å². The third-order valence-corrected chi connectivity index (χ3v) is 5.46. The van der Waals surface area contributed by atoms with Crippen LogP contribution in [0.15, 0.2) is 23.1 Å². The molecule has 0 radical (unpaired) electrons. The maximum Gasteiger partial charge on any atom is 0.287 e. The molecule has 0 spiro atoms. The van der Waals surface area contributed by atoms with Crippen LogP contribution in [0.1, 0.15) is 33.2 Å². The van der Waals surface area contributed by atoms with Gasteiger partial charge >= 0.3 is 0 Å². The largest absolute Gasteiger partial charge is 0.353 e. The van der Waals surface area contributed by atoms with Crippen LogP contribution in [0.5, 0.6) is 0 Å². The highest BCUT2D eigenvalue weighted by molar-refractivity contribution is 7.18. The Labute approximate surface area is 136 Å². The Hall–Kier alpha value is -2.41. The van der Waals surface area contributed by atoms with Crippen LogP contribution < -0.4 is 10.9 Å². The number of aromatic nitrogens is 3. The number of amides is 1. The molecule has 0 fully saturated rings. The van der Waals surface area contributed by atoms with Gasteiger partial charge < -0.3 is 14.9 Å². The Morgan fingerprint density at radius 1 is 1.48 bits per heavy atom. The minimum atomic E-state index is -0.362. The van der Waals surface area contributed by atoms with Crippen molar-refractivity contribution < 1.29 is 4.79 Å². The summed E-state index contributed by atoms with van der Waals surface area (Å²) in [6.07, 6.45) is 4.94. The molecule has 23 heavy (non-hydrogen) atoms. The van der Waals surface area contributed by atoms with Crippen LogP contribution in [-0.2, 0) is 26.4 Å². The molecular formula is C16H16N4O2S. The number of carbonyl (C=O) groups is 1. The van der Waals surface area contributed by atoms with E-state index in [2.05, 4.69) is 15.3 Å². The predicted octanol–water partition coefficient (Wildman–Crippen LogP) is 1.74. The molecule has 6 nitrogen and oxygen atoms in total. The van der Waals surface area contributed by atoms with E-state index in [-0.39, 0.29) is 17.3 Å². The average molecular weight is 328 g/mol. The van der Waals surface area contributed by atoms with E-state index in [9.17, 15) is 9.59 Å². The molecule has 1 amide bonds. The molecule has 2 N–H and O–H groups in total. The molecule has 1 aliphatic rings. The fourth-order valence-electron chi connectivity index (χ4n) is 3.04. The summed E-state index contributed by atoms with van der Waals surface area (Å²) in [5, 5.41) is 3.46. The summed E-state index contributed by atoms with van der Waals surface area (Å²) in [5.41, 5.74) is 1.89. The standard InChI is InChI=1S/C16H16N4O2S/c1-20-7-3-4-9(20)8-17-15(22)13-18-14(21)12-10-5-2-6-11(10)23-16(12)19-13/h3-4,7H,2,5-6,8H2,1H3,(H,17,22)(H,18,19,21). The van der Waals surface area contributed by atoms with Crippen LogP contribution in [-0.4, -0.2) is 20.4 Å². The topological polar surface area (TPSA) is 79.8 Å². The van der Waals surface area contributed by atoms with Crippen LogP contribution >= 0.6 is 11.3 Å². The number of nitrogens with zero attached hydrogens (tertiary/aromatic N) is 2. The maximum atomic E-state index is 12.3. The van der Waals surface area contributed by atoms with Crippen molar-refractivity contribution in [3.63, 3.8) is 0 Å². The van der Waals surface area contributed by atoms with E-state index in [0.29, 0.717) is 16.8 Å². The van der Waals surface area contributed by atoms with Gasteiger partial charge in [-0.2, -0.15) is 0 Å². The molecule has 0 unspecified atom stereocenters. The number of fused-ring (bicyclic) bond motifs is 3. The van der Waals surface area contributed by atoms with Gasteiger partial charge in [-0.1, -0.05) is 0 Å². The van der Waals surface area contributed by atoms with E-state index in [1.54, 1.807) is 0 Å². The minimum Gasteiger partial charge on any atom is -0.353 e. The predicted molar refractivity (Wildman–Crippen MR) is 88.8 cm³/mol. The highest BCUT2D eigenvalue weighted by atomic mass is 32.1. The van der Waals surface area contributed by atoms with E-state index in [0.717, 1.165) is 30.5 Å². The first-order valence-corrected chi connectivity index (χ1v) is 8.38. The summed E-state index contributed by atoms with van der Waals surface area (Å²) in [6.45, 7) is 0.394. The second-order valence-corrected chi connectivity index (χ2v) is 6.83. The van der Waals surface area contributed by atoms with Crippen LogP contribution in [0.2, 0.25) is 0 Å². The first kappa shape index (κ1) is 14.2. The second-order valence-electron chi connectivity index (χ2n) is 5.75. The van der Waals surface area contributed by atoms with Gasteiger partial charge in [0.15, 0.2) is 0 Å². The van der Waals surface area contributed by atoms with Gasteiger partial charge in [0.1, 0.15) is 4.83 Å². The summed E-state index contributed by atoms with van der Waals surface area (Å²) in [7, 11) is 1.92. The first-order valence-electron chi connectivity index (χ1n) is 7.56. The van der Waals surface area contributed by atoms with Crippen molar-refractivity contribution in [2.45, 2.75) is 25.8 Å². The van der Waals surface area contributed by atoms with E-state index < -0.39 is 0 Å². The van der Waals surface area contributed by atoms with Crippen molar-refractivity contribution in [2.75, 3.05) is 0 Å².